The first-order chi connectivity index (χ1) is 9.24. The highest BCUT2D eigenvalue weighted by molar-refractivity contribution is 5.48. The Labute approximate surface area is 111 Å². The van der Waals surface area contributed by atoms with E-state index in [1.54, 1.807) is 30.7 Å². The van der Waals surface area contributed by atoms with Gasteiger partial charge in [0.2, 0.25) is 0 Å². The zero-order chi connectivity index (χ0) is 13.7. The summed E-state index contributed by atoms with van der Waals surface area (Å²) in [5.41, 5.74) is 7.62. The van der Waals surface area contributed by atoms with E-state index in [0.29, 0.717) is 11.4 Å². The van der Waals surface area contributed by atoms with Gasteiger partial charge >= 0.3 is 0 Å². The number of hydrogen-bond donors (Lipinski definition) is 2. The van der Waals surface area contributed by atoms with Gasteiger partial charge in [-0.1, -0.05) is 6.92 Å². The second-order valence-electron chi connectivity index (χ2n) is 4.26. The number of nitrogens with two attached hydrogens (primary N) is 1. The molecule has 2 rings (SSSR count). The van der Waals surface area contributed by atoms with Crippen LogP contribution in [0.2, 0.25) is 0 Å². The summed E-state index contributed by atoms with van der Waals surface area (Å²) in [6.07, 6.45) is 5.78. The van der Waals surface area contributed by atoms with Crippen LogP contribution in [0.3, 0.4) is 0 Å². The highest BCUT2D eigenvalue weighted by atomic mass is 19.1. The van der Waals surface area contributed by atoms with E-state index in [2.05, 4.69) is 15.3 Å². The molecule has 2 aromatic heterocycles. The molecule has 4 nitrogen and oxygen atoms in total. The normalized spacial score (nSPS) is 12.3. The molecule has 0 saturated carbocycles. The number of anilines is 1. The second kappa shape index (κ2) is 6.24. The van der Waals surface area contributed by atoms with Gasteiger partial charge in [0, 0.05) is 29.8 Å². The standard InChI is InChI=1S/C14H17FN4/c1-2-6-18-13(10-9-17-8-5-12(10)16)14-11(15)4-3-7-19-14/h3-5,7-9,13,18H,2,6H2,1H3,(H2,16,17). The maximum atomic E-state index is 13.9. The lowest BCUT2D eigenvalue weighted by atomic mass is 10.0. The lowest BCUT2D eigenvalue weighted by Crippen LogP contribution is -2.26. The van der Waals surface area contributed by atoms with Crippen LogP contribution in [-0.2, 0) is 0 Å². The number of pyridine rings is 2. The predicted octanol–water partition coefficient (Wildman–Crippen LogP) is 2.29. The van der Waals surface area contributed by atoms with Crippen molar-refractivity contribution in [3.63, 3.8) is 0 Å². The summed E-state index contributed by atoms with van der Waals surface area (Å²) in [4.78, 5) is 8.19. The van der Waals surface area contributed by atoms with E-state index in [1.807, 2.05) is 6.92 Å². The maximum absolute atomic E-state index is 13.9. The third-order valence-electron chi connectivity index (χ3n) is 2.86. The van der Waals surface area contributed by atoms with Crippen molar-refractivity contribution in [2.75, 3.05) is 12.3 Å². The monoisotopic (exact) mass is 260 g/mol. The largest absolute Gasteiger partial charge is 0.398 e. The minimum absolute atomic E-state index is 0.343. The molecule has 5 heteroatoms. The van der Waals surface area contributed by atoms with Gasteiger partial charge in [-0.2, -0.15) is 0 Å². The minimum Gasteiger partial charge on any atom is -0.398 e. The number of nitrogens with zero attached hydrogens (tertiary/aromatic N) is 2. The maximum Gasteiger partial charge on any atom is 0.146 e. The van der Waals surface area contributed by atoms with Gasteiger partial charge in [-0.05, 0) is 31.2 Å². The van der Waals surface area contributed by atoms with E-state index >= 15 is 0 Å². The topological polar surface area (TPSA) is 63.8 Å². The zero-order valence-electron chi connectivity index (χ0n) is 10.8. The quantitative estimate of drug-likeness (QED) is 0.865. The van der Waals surface area contributed by atoms with Gasteiger partial charge in [-0.3, -0.25) is 9.97 Å². The van der Waals surface area contributed by atoms with Crippen molar-refractivity contribution in [3.05, 3.63) is 53.9 Å². The highest BCUT2D eigenvalue weighted by Crippen LogP contribution is 2.26. The Bertz CT molecular complexity index is 499. The van der Waals surface area contributed by atoms with Crippen LogP contribution in [-0.4, -0.2) is 16.5 Å². The SMILES string of the molecule is CCCNC(c1cnccc1N)c1ncccc1F. The molecule has 0 fully saturated rings. The van der Waals surface area contributed by atoms with Crippen LogP contribution in [0.5, 0.6) is 0 Å². The fraction of sp³-hybridized carbons (Fsp3) is 0.286. The lowest BCUT2D eigenvalue weighted by Gasteiger charge is -2.20. The van der Waals surface area contributed by atoms with Gasteiger partial charge in [0.15, 0.2) is 0 Å². The Balaban J connectivity index is 2.42. The molecule has 0 aliphatic rings. The van der Waals surface area contributed by atoms with Crippen molar-refractivity contribution in [3.8, 4) is 0 Å². The number of nitrogens with one attached hydrogen (secondary N) is 1. The molecule has 100 valence electrons. The Hall–Kier alpha value is -2.01. The molecule has 1 atom stereocenters. The van der Waals surface area contributed by atoms with E-state index in [-0.39, 0.29) is 11.9 Å². The molecule has 2 aromatic rings. The van der Waals surface area contributed by atoms with Crippen molar-refractivity contribution in [1.29, 1.82) is 0 Å². The van der Waals surface area contributed by atoms with E-state index in [4.69, 9.17) is 5.73 Å². The summed E-state index contributed by atoms with van der Waals surface area (Å²) in [6, 6.07) is 4.30. The lowest BCUT2D eigenvalue weighted by molar-refractivity contribution is 0.531. The summed E-state index contributed by atoms with van der Waals surface area (Å²) in [6.45, 7) is 2.79. The van der Waals surface area contributed by atoms with Gasteiger partial charge in [0.1, 0.15) is 5.82 Å². The first-order valence-electron chi connectivity index (χ1n) is 6.27. The predicted molar refractivity (Wildman–Crippen MR) is 73.0 cm³/mol. The van der Waals surface area contributed by atoms with E-state index < -0.39 is 0 Å². The van der Waals surface area contributed by atoms with Crippen LogP contribution >= 0.6 is 0 Å². The first-order valence-corrected chi connectivity index (χ1v) is 6.27. The fourth-order valence-electron chi connectivity index (χ4n) is 1.91. The van der Waals surface area contributed by atoms with Gasteiger partial charge in [-0.25, -0.2) is 4.39 Å². The summed E-state index contributed by atoms with van der Waals surface area (Å²) in [5, 5.41) is 3.26. The van der Waals surface area contributed by atoms with Gasteiger partial charge < -0.3 is 11.1 Å². The average Bonchev–Trinajstić information content (AvgIpc) is 2.42. The molecule has 0 bridgehead atoms. The number of halogens is 1. The van der Waals surface area contributed by atoms with E-state index in [0.717, 1.165) is 18.5 Å². The van der Waals surface area contributed by atoms with Gasteiger partial charge in [0.05, 0.1) is 11.7 Å². The van der Waals surface area contributed by atoms with Crippen molar-refractivity contribution in [2.24, 2.45) is 0 Å². The number of nitrogen functional groups attached to an aromatic ring is 1. The smallest absolute Gasteiger partial charge is 0.146 e. The molecule has 0 aromatic carbocycles. The second-order valence-corrected chi connectivity index (χ2v) is 4.26. The summed E-state index contributed by atoms with van der Waals surface area (Å²) in [5.74, 6) is -0.348. The summed E-state index contributed by atoms with van der Waals surface area (Å²) in [7, 11) is 0. The fourth-order valence-corrected chi connectivity index (χ4v) is 1.91. The Morgan fingerprint density at radius 3 is 2.89 bits per heavy atom. The van der Waals surface area contributed by atoms with Crippen LogP contribution in [0, 0.1) is 5.82 Å². The highest BCUT2D eigenvalue weighted by Gasteiger charge is 2.20. The Morgan fingerprint density at radius 2 is 2.21 bits per heavy atom. The van der Waals surface area contributed by atoms with Gasteiger partial charge in [0.25, 0.3) is 0 Å². The van der Waals surface area contributed by atoms with Crippen molar-refractivity contribution in [1.82, 2.24) is 15.3 Å². The Morgan fingerprint density at radius 1 is 1.37 bits per heavy atom. The van der Waals surface area contributed by atoms with Crippen molar-refractivity contribution < 1.29 is 4.39 Å². The first kappa shape index (κ1) is 13.4. The molecule has 0 aliphatic carbocycles. The van der Waals surface area contributed by atoms with Crippen LogP contribution < -0.4 is 11.1 Å². The number of rotatable bonds is 5. The molecule has 19 heavy (non-hydrogen) atoms. The van der Waals surface area contributed by atoms with Crippen LogP contribution in [0.25, 0.3) is 0 Å². The average molecular weight is 260 g/mol. The molecule has 0 spiro atoms. The molecule has 2 heterocycles. The molecule has 3 N–H and O–H groups in total. The Kier molecular flexibility index (Phi) is 4.41. The third kappa shape index (κ3) is 3.06. The third-order valence-corrected chi connectivity index (χ3v) is 2.86. The molecule has 0 aliphatic heterocycles. The van der Waals surface area contributed by atoms with E-state index in [9.17, 15) is 4.39 Å². The number of aromatic nitrogens is 2. The molecule has 0 saturated heterocycles. The minimum atomic E-state index is -0.380. The van der Waals surface area contributed by atoms with E-state index in [1.165, 1.54) is 6.07 Å². The summed E-state index contributed by atoms with van der Waals surface area (Å²) >= 11 is 0. The van der Waals surface area contributed by atoms with Crippen molar-refractivity contribution in [2.45, 2.75) is 19.4 Å². The zero-order valence-corrected chi connectivity index (χ0v) is 10.8. The van der Waals surface area contributed by atoms with Crippen LogP contribution in [0.15, 0.2) is 36.8 Å². The summed E-state index contributed by atoms with van der Waals surface area (Å²) < 4.78 is 13.9. The van der Waals surface area contributed by atoms with Gasteiger partial charge in [-0.15, -0.1) is 0 Å². The molecule has 0 amide bonds. The molecule has 1 unspecified atom stereocenters. The molecular weight excluding hydrogens is 243 g/mol. The van der Waals surface area contributed by atoms with Crippen LogP contribution in [0.1, 0.15) is 30.6 Å². The molecular formula is C14H17FN4. The number of hydrogen-bond acceptors (Lipinski definition) is 4. The molecule has 0 radical (unpaired) electrons. The van der Waals surface area contributed by atoms with Crippen molar-refractivity contribution >= 4 is 5.69 Å². The van der Waals surface area contributed by atoms with Crippen LogP contribution in [0.4, 0.5) is 10.1 Å².